The average Bonchev–Trinajstić information content (AvgIpc) is 3.49. The van der Waals surface area contributed by atoms with E-state index in [4.69, 9.17) is 16.1 Å². The van der Waals surface area contributed by atoms with Crippen molar-refractivity contribution in [1.82, 2.24) is 19.5 Å². The van der Waals surface area contributed by atoms with Crippen LogP contribution in [0.4, 0.5) is 11.4 Å². The predicted octanol–water partition coefficient (Wildman–Crippen LogP) is 3.28. The first kappa shape index (κ1) is 21.7. The van der Waals surface area contributed by atoms with Crippen molar-refractivity contribution in [2.45, 2.75) is 59.2 Å². The van der Waals surface area contributed by atoms with Crippen LogP contribution in [0, 0.1) is 11.3 Å². The van der Waals surface area contributed by atoms with Gasteiger partial charge in [0.05, 0.1) is 29.6 Å². The fourth-order valence-corrected chi connectivity index (χ4v) is 3.64. The minimum absolute atomic E-state index is 0.0864. The van der Waals surface area contributed by atoms with Crippen molar-refractivity contribution in [2.24, 2.45) is 11.7 Å². The predicted molar refractivity (Wildman–Crippen MR) is 126 cm³/mol. The van der Waals surface area contributed by atoms with Gasteiger partial charge < -0.3 is 20.5 Å². The molecule has 3 aromatic rings. The Morgan fingerprint density at radius 1 is 1.31 bits per heavy atom. The summed E-state index contributed by atoms with van der Waals surface area (Å²) in [6.45, 7) is 6.97. The standard InChI is InChI=1S/C23H30N8O/c1-14(2)9-11-30-19-7-6-18(22(24)25)28-23(19)29-21(30)13-31(15(3)32)20-12-26-10-8-17(20)27-16-4-5-16/h6-8,10,12,14,16H,4-5,9,11,13H2,1-3H3,(H3,24,25)(H,26,27). The van der Waals surface area contributed by atoms with Crippen LogP contribution < -0.4 is 16.0 Å². The number of imidazole rings is 1. The summed E-state index contributed by atoms with van der Waals surface area (Å²) in [4.78, 5) is 27.9. The SMILES string of the molecule is CC(=O)N(Cc1nc2nc(C(=N)N)ccc2n1CCC(C)C)c1cnccc1NC1CC1. The van der Waals surface area contributed by atoms with E-state index in [2.05, 4.69) is 33.7 Å². The molecule has 0 radical (unpaired) electrons. The lowest BCUT2D eigenvalue weighted by Crippen LogP contribution is -2.30. The summed E-state index contributed by atoms with van der Waals surface area (Å²) in [6.07, 6.45) is 6.69. The number of nitrogens with zero attached hydrogens (tertiary/aromatic N) is 5. The van der Waals surface area contributed by atoms with E-state index in [1.807, 2.05) is 12.1 Å². The third-order valence-corrected chi connectivity index (χ3v) is 5.61. The summed E-state index contributed by atoms with van der Waals surface area (Å²) in [5.41, 5.74) is 9.06. The van der Waals surface area contributed by atoms with Crippen LogP contribution in [0.3, 0.4) is 0 Å². The van der Waals surface area contributed by atoms with Crippen LogP contribution in [-0.4, -0.2) is 37.3 Å². The summed E-state index contributed by atoms with van der Waals surface area (Å²) in [6, 6.07) is 6.00. The molecule has 4 N–H and O–H groups in total. The molecule has 4 rings (SSSR count). The van der Waals surface area contributed by atoms with Crippen LogP contribution in [0.25, 0.3) is 11.2 Å². The van der Waals surface area contributed by atoms with Gasteiger partial charge in [0.15, 0.2) is 5.65 Å². The number of carbonyl (C=O) groups excluding carboxylic acids is 1. The lowest BCUT2D eigenvalue weighted by Gasteiger charge is -2.24. The Morgan fingerprint density at radius 3 is 2.75 bits per heavy atom. The Labute approximate surface area is 187 Å². The number of rotatable bonds is 9. The van der Waals surface area contributed by atoms with Crippen molar-refractivity contribution in [1.29, 1.82) is 5.41 Å². The molecule has 0 aliphatic heterocycles. The van der Waals surface area contributed by atoms with E-state index < -0.39 is 0 Å². The Morgan fingerprint density at radius 2 is 2.09 bits per heavy atom. The Kier molecular flexibility index (Phi) is 6.07. The maximum absolute atomic E-state index is 12.7. The van der Waals surface area contributed by atoms with Gasteiger partial charge in [-0.3, -0.25) is 15.2 Å². The van der Waals surface area contributed by atoms with Crippen LogP contribution >= 0.6 is 0 Å². The molecule has 9 nitrogen and oxygen atoms in total. The molecule has 32 heavy (non-hydrogen) atoms. The third kappa shape index (κ3) is 4.71. The Bertz CT molecular complexity index is 1150. The van der Waals surface area contributed by atoms with Gasteiger partial charge >= 0.3 is 0 Å². The van der Waals surface area contributed by atoms with Gasteiger partial charge in [-0.15, -0.1) is 0 Å². The van der Waals surface area contributed by atoms with Gasteiger partial charge in [0.2, 0.25) is 5.91 Å². The Hall–Kier alpha value is -3.49. The molecule has 0 atom stereocenters. The molecular weight excluding hydrogens is 404 g/mol. The van der Waals surface area contributed by atoms with Crippen LogP contribution in [0.2, 0.25) is 0 Å². The largest absolute Gasteiger partial charge is 0.382 e. The number of fused-ring (bicyclic) bond motifs is 1. The summed E-state index contributed by atoms with van der Waals surface area (Å²) in [5, 5.41) is 11.2. The summed E-state index contributed by atoms with van der Waals surface area (Å²) < 4.78 is 2.12. The highest BCUT2D eigenvalue weighted by Crippen LogP contribution is 2.32. The van der Waals surface area contributed by atoms with Gasteiger partial charge in [-0.1, -0.05) is 13.8 Å². The quantitative estimate of drug-likeness (QED) is 0.350. The number of nitrogens with one attached hydrogen (secondary N) is 2. The molecule has 1 amide bonds. The zero-order valence-electron chi connectivity index (χ0n) is 18.8. The number of pyridine rings is 2. The van der Waals surface area contributed by atoms with Crippen LogP contribution in [-0.2, 0) is 17.9 Å². The normalized spacial score (nSPS) is 13.5. The molecule has 0 spiro atoms. The first-order valence-electron chi connectivity index (χ1n) is 11.0. The highest BCUT2D eigenvalue weighted by molar-refractivity contribution is 5.95. The minimum Gasteiger partial charge on any atom is -0.382 e. The van der Waals surface area contributed by atoms with Crippen LogP contribution in [0.15, 0.2) is 30.6 Å². The lowest BCUT2D eigenvalue weighted by molar-refractivity contribution is -0.116. The number of amides is 1. The van der Waals surface area contributed by atoms with Crippen molar-refractivity contribution < 1.29 is 4.79 Å². The number of aromatic nitrogens is 4. The van der Waals surface area contributed by atoms with Gasteiger partial charge in [0, 0.05) is 25.7 Å². The smallest absolute Gasteiger partial charge is 0.224 e. The molecule has 3 heterocycles. The highest BCUT2D eigenvalue weighted by atomic mass is 16.2. The molecule has 0 saturated heterocycles. The summed E-state index contributed by atoms with van der Waals surface area (Å²) >= 11 is 0. The van der Waals surface area contributed by atoms with Crippen molar-refractivity contribution in [3.8, 4) is 0 Å². The third-order valence-electron chi connectivity index (χ3n) is 5.61. The molecular formula is C23H30N8O. The first-order valence-corrected chi connectivity index (χ1v) is 11.0. The minimum atomic E-state index is -0.0957. The maximum atomic E-state index is 12.7. The zero-order chi connectivity index (χ0) is 22.8. The topological polar surface area (TPSA) is 126 Å². The highest BCUT2D eigenvalue weighted by Gasteiger charge is 2.25. The molecule has 3 aromatic heterocycles. The monoisotopic (exact) mass is 434 g/mol. The number of aryl methyl sites for hydroxylation is 1. The van der Waals surface area contributed by atoms with E-state index in [1.54, 1.807) is 30.3 Å². The maximum Gasteiger partial charge on any atom is 0.224 e. The second kappa shape index (κ2) is 8.94. The molecule has 168 valence electrons. The van der Waals surface area contributed by atoms with Gasteiger partial charge in [0.25, 0.3) is 0 Å². The van der Waals surface area contributed by atoms with Gasteiger partial charge in [-0.2, -0.15) is 0 Å². The molecule has 0 unspecified atom stereocenters. The van der Waals surface area contributed by atoms with E-state index in [0.717, 1.165) is 48.5 Å². The summed E-state index contributed by atoms with van der Waals surface area (Å²) in [7, 11) is 0. The van der Waals surface area contributed by atoms with Crippen molar-refractivity contribution in [3.63, 3.8) is 0 Å². The number of hydrogen-bond acceptors (Lipinski definition) is 6. The molecule has 9 heteroatoms. The first-order chi connectivity index (χ1) is 15.3. The van der Waals surface area contributed by atoms with E-state index >= 15 is 0 Å². The second-order valence-electron chi connectivity index (χ2n) is 8.73. The van der Waals surface area contributed by atoms with Gasteiger partial charge in [0.1, 0.15) is 17.4 Å². The van der Waals surface area contributed by atoms with Gasteiger partial charge in [-0.25, -0.2) is 9.97 Å². The van der Waals surface area contributed by atoms with Crippen molar-refractivity contribution in [3.05, 3.63) is 42.1 Å². The molecule has 1 fully saturated rings. The lowest BCUT2D eigenvalue weighted by atomic mass is 10.1. The number of amidine groups is 1. The van der Waals surface area contributed by atoms with E-state index in [0.29, 0.717) is 29.8 Å². The molecule has 1 saturated carbocycles. The zero-order valence-corrected chi connectivity index (χ0v) is 18.8. The van der Waals surface area contributed by atoms with E-state index in [9.17, 15) is 4.79 Å². The summed E-state index contributed by atoms with van der Waals surface area (Å²) in [5.74, 6) is 1.07. The van der Waals surface area contributed by atoms with Crippen LogP contribution in [0.1, 0.15) is 51.6 Å². The molecule has 0 bridgehead atoms. The molecule has 1 aliphatic rings. The van der Waals surface area contributed by atoms with Crippen LogP contribution in [0.5, 0.6) is 0 Å². The van der Waals surface area contributed by atoms with Gasteiger partial charge in [-0.05, 0) is 43.4 Å². The number of carbonyl (C=O) groups is 1. The number of hydrogen-bond donors (Lipinski definition) is 3. The Balaban J connectivity index is 1.74. The van der Waals surface area contributed by atoms with Crippen molar-refractivity contribution in [2.75, 3.05) is 10.2 Å². The second-order valence-corrected chi connectivity index (χ2v) is 8.73. The van der Waals surface area contributed by atoms with E-state index in [1.165, 1.54) is 0 Å². The average molecular weight is 435 g/mol. The molecule has 1 aliphatic carbocycles. The van der Waals surface area contributed by atoms with E-state index in [-0.39, 0.29) is 11.7 Å². The van der Waals surface area contributed by atoms with Crippen molar-refractivity contribution >= 4 is 34.3 Å². The fraction of sp³-hybridized carbons (Fsp3) is 0.435. The number of anilines is 2. The number of nitrogens with two attached hydrogens (primary N) is 1. The molecule has 0 aromatic carbocycles. The number of nitrogen functional groups attached to an aromatic ring is 1. The fourth-order valence-electron chi connectivity index (χ4n) is 3.64.